The lowest BCUT2D eigenvalue weighted by atomic mass is 9.97. The van der Waals surface area contributed by atoms with Gasteiger partial charge < -0.3 is 49.7 Å². The predicted molar refractivity (Wildman–Crippen MR) is 149 cm³/mol. The van der Waals surface area contributed by atoms with E-state index in [1.54, 1.807) is 30.2 Å². The molecule has 3 aliphatic heterocycles. The summed E-state index contributed by atoms with van der Waals surface area (Å²) in [4.78, 5) is 58.5. The predicted octanol–water partition coefficient (Wildman–Crippen LogP) is 0.613. The molecule has 0 aromatic carbocycles. The zero-order valence-corrected chi connectivity index (χ0v) is 25.5. The minimum atomic E-state index is -5.70. The Kier molecular flexibility index (Phi) is 12.6. The summed E-state index contributed by atoms with van der Waals surface area (Å²) >= 11 is 0. The van der Waals surface area contributed by atoms with Gasteiger partial charge in [-0.05, 0) is 5.57 Å². The number of amidine groups is 1. The summed E-state index contributed by atoms with van der Waals surface area (Å²) < 4.78 is 64.2. The van der Waals surface area contributed by atoms with Crippen molar-refractivity contribution >= 4 is 41.5 Å². The fraction of sp³-hybridized carbons (Fsp3) is 0.571. The molecule has 0 aromatic rings. The Morgan fingerprint density at radius 1 is 1.26 bits per heavy atom. The van der Waals surface area contributed by atoms with Gasteiger partial charge in [0.05, 0.1) is 25.2 Å². The quantitative estimate of drug-likeness (QED) is 0.0534. The molecule has 0 spiro atoms. The smallest absolute Gasteiger partial charge is 0.386 e. The van der Waals surface area contributed by atoms with Gasteiger partial charge in [0.1, 0.15) is 37.5 Å². The Labute approximate surface area is 246 Å². The number of fused-ring (bicyclic) bond motifs is 1. The van der Waals surface area contributed by atoms with E-state index in [9.17, 15) is 28.3 Å². The summed E-state index contributed by atoms with van der Waals surface area (Å²) in [6.45, 7) is 4.78. The maximum atomic E-state index is 12.3. The van der Waals surface area contributed by atoms with Gasteiger partial charge >= 0.3 is 23.5 Å². The van der Waals surface area contributed by atoms with Gasteiger partial charge in [-0.2, -0.15) is 8.62 Å². The fourth-order valence-electron chi connectivity index (χ4n) is 4.25. The van der Waals surface area contributed by atoms with Crippen LogP contribution in [-0.4, -0.2) is 93.7 Å². The molecule has 5 unspecified atom stereocenters. The van der Waals surface area contributed by atoms with Gasteiger partial charge in [-0.15, -0.1) is 6.58 Å². The van der Waals surface area contributed by atoms with E-state index in [2.05, 4.69) is 30.5 Å². The number of phosphoric acid groups is 3. The highest BCUT2D eigenvalue weighted by Crippen LogP contribution is 2.66. The first kappa shape index (κ1) is 35.4. The summed E-state index contributed by atoms with van der Waals surface area (Å²) in [7, 11) is -16.7. The molecule has 1 saturated heterocycles. The van der Waals surface area contributed by atoms with E-state index in [1.165, 1.54) is 12.4 Å². The molecule has 3 heterocycles. The molecule has 242 valence electrons. The zero-order valence-electron chi connectivity index (χ0n) is 22.9. The lowest BCUT2D eigenvalue weighted by molar-refractivity contribution is -0.120. The van der Waals surface area contributed by atoms with Crippen LogP contribution >= 0.6 is 23.5 Å². The molecule has 0 saturated carbocycles. The second-order valence-electron chi connectivity index (χ2n) is 9.08. The van der Waals surface area contributed by atoms with Gasteiger partial charge in [0.15, 0.2) is 0 Å². The summed E-state index contributed by atoms with van der Waals surface area (Å²) in [6.07, 6.45) is 5.38. The molecule has 19 nitrogen and oxygen atoms in total. The number of nitrogens with zero attached hydrogens (tertiary/aromatic N) is 3. The van der Waals surface area contributed by atoms with Gasteiger partial charge in [-0.1, -0.05) is 25.2 Å². The van der Waals surface area contributed by atoms with Crippen LogP contribution in [0.15, 0.2) is 46.6 Å². The molecule has 1 amide bonds. The number of nitrogens with one attached hydrogen (secondary N) is 1. The standard InChI is InChI=1S/C21H34N5O14P3/c1-3-8-35-13-36-15-9-18(38-16(15)11-37-42(31,32)40-43(33,34)39-41(28,29)30)26-10-14(6-5-7-23-17(27)4-2)19-20(22)24-12-25-21(19)26/h3,5-6,10,12,15-16,18-19,21H,1,4,7-9,11,13H2,2H3,(H,23,27)(H,31,32)(H,33,34)(H2,22,24,25)(H2,28,29,30)/b6-5+/t15?,16-,18-,19?,21?/m1/s1. The first-order valence-electron chi connectivity index (χ1n) is 12.7. The Morgan fingerprint density at radius 3 is 2.67 bits per heavy atom. The van der Waals surface area contributed by atoms with Gasteiger partial charge in [0.25, 0.3) is 0 Å². The van der Waals surface area contributed by atoms with E-state index < -0.39 is 60.6 Å². The van der Waals surface area contributed by atoms with Crippen LogP contribution < -0.4 is 11.1 Å². The summed E-state index contributed by atoms with van der Waals surface area (Å²) in [5.74, 6) is -0.266. The zero-order chi connectivity index (χ0) is 31.8. The maximum Gasteiger partial charge on any atom is 0.490 e. The van der Waals surface area contributed by atoms with Crippen LogP contribution in [0.4, 0.5) is 0 Å². The van der Waals surface area contributed by atoms with Crippen molar-refractivity contribution < 1.29 is 65.4 Å². The molecule has 3 aliphatic rings. The topological polar surface area (TPSA) is 271 Å². The molecule has 3 rings (SSSR count). The third-order valence-corrected chi connectivity index (χ3v) is 9.79. The van der Waals surface area contributed by atoms with E-state index in [4.69, 9.17) is 34.3 Å². The number of hydrogen-bond donors (Lipinski definition) is 6. The van der Waals surface area contributed by atoms with Crippen molar-refractivity contribution in [2.45, 2.75) is 44.4 Å². The van der Waals surface area contributed by atoms with Gasteiger partial charge in [0.2, 0.25) is 5.91 Å². The average Bonchev–Trinajstić information content (AvgIpc) is 3.47. The van der Waals surface area contributed by atoms with Crippen LogP contribution in [0, 0.1) is 5.92 Å². The number of amides is 1. The van der Waals surface area contributed by atoms with Crippen LogP contribution in [0.1, 0.15) is 19.8 Å². The number of rotatable bonds is 17. The molecular weight excluding hydrogens is 639 g/mol. The van der Waals surface area contributed by atoms with Crippen LogP contribution in [0.3, 0.4) is 0 Å². The van der Waals surface area contributed by atoms with Gasteiger partial charge in [-0.3, -0.25) is 9.32 Å². The maximum absolute atomic E-state index is 12.3. The lowest BCUT2D eigenvalue weighted by Gasteiger charge is -2.32. The Bertz CT molecular complexity index is 1290. The third-order valence-electron chi connectivity index (χ3n) is 5.99. The number of aliphatic imine (C=N–C) groups is 2. The van der Waals surface area contributed by atoms with Crippen LogP contribution in [0.5, 0.6) is 0 Å². The van der Waals surface area contributed by atoms with Crippen molar-refractivity contribution in [1.29, 1.82) is 0 Å². The van der Waals surface area contributed by atoms with E-state index >= 15 is 0 Å². The average molecular weight is 673 g/mol. The van der Waals surface area contributed by atoms with Gasteiger partial charge in [0, 0.05) is 25.6 Å². The molecule has 0 bridgehead atoms. The highest BCUT2D eigenvalue weighted by Gasteiger charge is 2.48. The first-order valence-corrected chi connectivity index (χ1v) is 17.2. The Hall–Kier alpha value is -2.08. The normalized spacial score (nSPS) is 28.2. The largest absolute Gasteiger partial charge is 0.490 e. The highest BCUT2D eigenvalue weighted by atomic mass is 31.3. The van der Waals surface area contributed by atoms with Crippen LogP contribution in [0.2, 0.25) is 0 Å². The van der Waals surface area contributed by atoms with E-state index in [1.807, 2.05) is 0 Å². The molecule has 7 N–H and O–H groups in total. The molecule has 0 radical (unpaired) electrons. The van der Waals surface area contributed by atoms with E-state index in [-0.39, 0.29) is 32.3 Å². The number of ether oxygens (including phenoxy) is 3. The van der Waals surface area contributed by atoms with E-state index in [0.29, 0.717) is 12.3 Å². The molecule has 0 aromatic heterocycles. The van der Waals surface area contributed by atoms with Crippen molar-refractivity contribution in [3.05, 3.63) is 36.6 Å². The van der Waals surface area contributed by atoms with Crippen LogP contribution in [-0.2, 0) is 45.8 Å². The molecule has 1 fully saturated rings. The van der Waals surface area contributed by atoms with Crippen molar-refractivity contribution in [2.24, 2.45) is 21.6 Å². The Balaban J connectivity index is 1.75. The number of allylic oxidation sites excluding steroid dienone is 1. The van der Waals surface area contributed by atoms with Crippen molar-refractivity contribution in [3.63, 3.8) is 0 Å². The monoisotopic (exact) mass is 673 g/mol. The Morgan fingerprint density at radius 2 is 2.00 bits per heavy atom. The van der Waals surface area contributed by atoms with Crippen molar-refractivity contribution in [3.8, 4) is 0 Å². The molecule has 0 aliphatic carbocycles. The molecular formula is C21H34N5O14P3. The number of hydrogen-bond acceptors (Lipinski definition) is 14. The number of nitrogens with two attached hydrogens (primary N) is 1. The fourth-order valence-corrected chi connectivity index (χ4v) is 7.28. The summed E-state index contributed by atoms with van der Waals surface area (Å²) in [6, 6.07) is 0. The third kappa shape index (κ3) is 10.8. The molecule has 22 heteroatoms. The number of phosphoric ester groups is 1. The SMILES string of the molecule is C=CCOCOC1C[C@H](N2C=C(/C=C/CNC(=O)CC)C3C(N)=NC=NC32)O[C@@H]1COP(=O)(O)OP(=O)(O)OP(=O)(O)O. The highest BCUT2D eigenvalue weighted by molar-refractivity contribution is 7.66. The van der Waals surface area contributed by atoms with Crippen molar-refractivity contribution in [2.75, 3.05) is 26.6 Å². The minimum absolute atomic E-state index is 0.113. The molecule has 7 atom stereocenters. The first-order chi connectivity index (χ1) is 20.1. The van der Waals surface area contributed by atoms with Crippen LogP contribution in [0.25, 0.3) is 0 Å². The van der Waals surface area contributed by atoms with Crippen molar-refractivity contribution in [1.82, 2.24) is 10.2 Å². The second kappa shape index (κ2) is 15.3. The second-order valence-corrected chi connectivity index (χ2v) is 13.5. The summed E-state index contributed by atoms with van der Waals surface area (Å²) in [5.41, 5.74) is 6.90. The number of carbonyl (C=O) groups excluding carboxylic acids is 1. The number of carbonyl (C=O) groups is 1. The summed E-state index contributed by atoms with van der Waals surface area (Å²) in [5, 5.41) is 2.73. The minimum Gasteiger partial charge on any atom is -0.386 e. The molecule has 43 heavy (non-hydrogen) atoms. The lowest BCUT2D eigenvalue weighted by Crippen LogP contribution is -2.44. The van der Waals surface area contributed by atoms with Gasteiger partial charge in [-0.25, -0.2) is 23.7 Å². The van der Waals surface area contributed by atoms with E-state index in [0.717, 1.165) is 5.57 Å².